The van der Waals surface area contributed by atoms with Gasteiger partial charge in [-0.3, -0.25) is 9.59 Å². The molecule has 0 radical (unpaired) electrons. The van der Waals surface area contributed by atoms with Crippen LogP contribution >= 0.6 is 9.12 Å². The number of esters is 1. The molecule has 2 unspecified atom stereocenters. The Bertz CT molecular complexity index is 610. The van der Waals surface area contributed by atoms with E-state index in [1.165, 1.54) is 33.5 Å². The number of Topliss-reactive ketones (excluding diaryl/α,β-unsaturated/α-hetero) is 1. The summed E-state index contributed by atoms with van der Waals surface area (Å²) in [5.41, 5.74) is 0.301. The van der Waals surface area contributed by atoms with E-state index in [1.54, 1.807) is 18.2 Å². The highest BCUT2D eigenvalue weighted by atomic mass is 31.0. The van der Waals surface area contributed by atoms with Crippen molar-refractivity contribution in [3.8, 4) is 11.5 Å². The molecule has 0 amide bonds. The van der Waals surface area contributed by atoms with Gasteiger partial charge in [0.15, 0.2) is 5.78 Å². The number of ketones is 1. The molecule has 0 saturated heterocycles. The fourth-order valence-corrected chi connectivity index (χ4v) is 3.21. The smallest absolute Gasteiger partial charge is 0.316 e. The number of benzene rings is 1. The van der Waals surface area contributed by atoms with E-state index < -0.39 is 11.9 Å². The Hall–Kier alpha value is -1.81. The van der Waals surface area contributed by atoms with Crippen molar-refractivity contribution in [1.29, 1.82) is 0 Å². The van der Waals surface area contributed by atoms with E-state index in [9.17, 15) is 9.59 Å². The molecule has 0 aliphatic rings. The van der Waals surface area contributed by atoms with Crippen LogP contribution in [0.1, 0.15) is 76.1 Å². The number of carbonyl (C=O) groups is 2. The summed E-state index contributed by atoms with van der Waals surface area (Å²) in [6, 6.07) is 5.15. The molecule has 7 heteroatoms. The highest BCUT2D eigenvalue weighted by Crippen LogP contribution is 2.32. The van der Waals surface area contributed by atoms with Gasteiger partial charge in [0.05, 0.1) is 29.9 Å². The van der Waals surface area contributed by atoms with E-state index in [-0.39, 0.29) is 11.7 Å². The van der Waals surface area contributed by atoms with E-state index in [0.29, 0.717) is 39.2 Å². The molecule has 0 N–H and O–H groups in total. The minimum atomic E-state index is -0.856. The number of rotatable bonds is 14. The molecule has 30 heavy (non-hydrogen) atoms. The molecule has 0 spiro atoms. The number of methoxy groups -OCH3 is 2. The van der Waals surface area contributed by atoms with Crippen molar-refractivity contribution >= 4 is 20.9 Å². The Morgan fingerprint density at radius 1 is 0.933 bits per heavy atom. The molecule has 172 valence electrons. The summed E-state index contributed by atoms with van der Waals surface area (Å²) >= 11 is 0. The molecular formula is C23H39O6P. The van der Waals surface area contributed by atoms with Crippen LogP contribution in [0.4, 0.5) is 0 Å². The second-order valence-electron chi connectivity index (χ2n) is 7.52. The van der Waals surface area contributed by atoms with Crippen LogP contribution in [0.15, 0.2) is 18.2 Å². The van der Waals surface area contributed by atoms with Gasteiger partial charge < -0.3 is 18.8 Å². The lowest BCUT2D eigenvalue weighted by Crippen LogP contribution is -2.28. The zero-order valence-electron chi connectivity index (χ0n) is 19.2. The van der Waals surface area contributed by atoms with Crippen molar-refractivity contribution in [1.82, 2.24) is 0 Å². The Balaban J connectivity index is 0.00000407. The summed E-state index contributed by atoms with van der Waals surface area (Å²) in [5.74, 6) is -0.638. The first-order valence-electron chi connectivity index (χ1n) is 10.7. The summed E-state index contributed by atoms with van der Waals surface area (Å²) in [5, 5.41) is 0. The first-order valence-corrected chi connectivity index (χ1v) is 11.2. The van der Waals surface area contributed by atoms with Gasteiger partial charge >= 0.3 is 5.97 Å². The Morgan fingerprint density at radius 3 is 1.97 bits per heavy atom. The average molecular weight is 443 g/mol. The number of hydrogen-bond acceptors (Lipinski definition) is 6. The number of unbranched alkanes of at least 4 members (excludes halogenated alkanes) is 5. The third kappa shape index (κ3) is 9.80. The number of carbonyl (C=O) groups excluding carboxylic acids is 2. The molecular weight excluding hydrogens is 403 g/mol. The van der Waals surface area contributed by atoms with Gasteiger partial charge in [0.1, 0.15) is 23.0 Å². The van der Waals surface area contributed by atoms with Crippen molar-refractivity contribution in [2.24, 2.45) is 11.8 Å². The summed E-state index contributed by atoms with van der Waals surface area (Å²) in [4.78, 5) is 25.9. The SMILES string of the molecule is CCCCCCCCOC(=O)C(CC(C)C)C(=O)c1c(OC)cccc1OC.O=[PH3]. The molecule has 2 atom stereocenters. The lowest BCUT2D eigenvalue weighted by molar-refractivity contribution is -0.147. The first-order chi connectivity index (χ1) is 14.5. The van der Waals surface area contributed by atoms with Crippen molar-refractivity contribution in [2.45, 2.75) is 65.7 Å². The van der Waals surface area contributed by atoms with Gasteiger partial charge in [-0.1, -0.05) is 58.9 Å². The number of hydrogen-bond donors (Lipinski definition) is 0. The maximum Gasteiger partial charge on any atom is 0.316 e. The predicted octanol–water partition coefficient (Wildman–Crippen LogP) is 5.39. The largest absolute Gasteiger partial charge is 0.496 e. The first kappa shape index (κ1) is 28.2. The molecule has 0 heterocycles. The molecule has 1 aromatic rings. The van der Waals surface area contributed by atoms with Gasteiger partial charge in [-0.25, -0.2) is 0 Å². The third-order valence-corrected chi connectivity index (χ3v) is 4.72. The molecule has 0 aliphatic carbocycles. The molecule has 0 aromatic heterocycles. The average Bonchev–Trinajstić information content (AvgIpc) is 2.76. The Morgan fingerprint density at radius 2 is 1.47 bits per heavy atom. The van der Waals surface area contributed by atoms with Crippen LogP contribution in [0.2, 0.25) is 0 Å². The summed E-state index contributed by atoms with van der Waals surface area (Å²) in [6.45, 7) is 6.52. The maximum atomic E-state index is 13.2. The molecule has 0 bridgehead atoms. The molecule has 0 saturated carbocycles. The molecule has 0 fully saturated rings. The van der Waals surface area contributed by atoms with Crippen LogP contribution in [-0.4, -0.2) is 32.6 Å². The van der Waals surface area contributed by atoms with Gasteiger partial charge in [0.25, 0.3) is 0 Å². The zero-order valence-corrected chi connectivity index (χ0v) is 20.6. The second-order valence-corrected chi connectivity index (χ2v) is 7.52. The van der Waals surface area contributed by atoms with Gasteiger partial charge in [0, 0.05) is 0 Å². The standard InChI is InChI=1S/C23H36O5.H3OP/c1-6-7-8-9-10-11-15-28-23(25)18(16-17(2)3)22(24)21-19(26-4)13-12-14-20(21)27-5;1-2/h12-14,17-18H,6-11,15-16H2,1-5H3;2H3. The highest BCUT2D eigenvalue weighted by molar-refractivity contribution is 7.00. The van der Waals surface area contributed by atoms with Crippen molar-refractivity contribution < 1.29 is 28.4 Å². The van der Waals surface area contributed by atoms with Crippen molar-refractivity contribution in [2.75, 3.05) is 20.8 Å². The van der Waals surface area contributed by atoms with Crippen LogP contribution in [0.3, 0.4) is 0 Å². The topological polar surface area (TPSA) is 78.9 Å². The quantitative estimate of drug-likeness (QED) is 0.126. The monoisotopic (exact) mass is 442 g/mol. The summed E-state index contributed by atoms with van der Waals surface area (Å²) in [7, 11) is 3.61. The zero-order chi connectivity index (χ0) is 22.9. The Kier molecular flexibility index (Phi) is 15.9. The second kappa shape index (κ2) is 16.9. The summed E-state index contributed by atoms with van der Waals surface area (Å²) in [6.07, 6.45) is 7.11. The van der Waals surface area contributed by atoms with Crippen molar-refractivity contribution in [3.63, 3.8) is 0 Å². The summed E-state index contributed by atoms with van der Waals surface area (Å²) < 4.78 is 24.4. The fraction of sp³-hybridized carbons (Fsp3) is 0.652. The van der Waals surface area contributed by atoms with Crippen LogP contribution in [0.5, 0.6) is 11.5 Å². The Labute approximate surface area is 183 Å². The number of ether oxygens (including phenoxy) is 3. The maximum absolute atomic E-state index is 13.2. The predicted molar refractivity (Wildman–Crippen MR) is 123 cm³/mol. The lowest BCUT2D eigenvalue weighted by atomic mass is 9.89. The van der Waals surface area contributed by atoms with Crippen LogP contribution in [-0.2, 0) is 14.1 Å². The molecule has 0 aliphatic heterocycles. The molecule has 1 aromatic carbocycles. The van der Waals surface area contributed by atoms with E-state index in [0.717, 1.165) is 19.3 Å². The normalized spacial score (nSPS) is 11.4. The van der Waals surface area contributed by atoms with Crippen LogP contribution < -0.4 is 9.47 Å². The van der Waals surface area contributed by atoms with Crippen LogP contribution in [0.25, 0.3) is 0 Å². The minimum Gasteiger partial charge on any atom is -0.496 e. The fourth-order valence-electron chi connectivity index (χ4n) is 3.21. The van der Waals surface area contributed by atoms with Gasteiger partial charge in [-0.2, -0.15) is 0 Å². The van der Waals surface area contributed by atoms with E-state index in [1.807, 2.05) is 13.8 Å². The lowest BCUT2D eigenvalue weighted by Gasteiger charge is -2.19. The highest BCUT2D eigenvalue weighted by Gasteiger charge is 2.33. The van der Waals surface area contributed by atoms with Crippen molar-refractivity contribution in [3.05, 3.63) is 23.8 Å². The van der Waals surface area contributed by atoms with Crippen LogP contribution in [0, 0.1) is 11.8 Å². The van der Waals surface area contributed by atoms with Gasteiger partial charge in [-0.05, 0) is 30.9 Å². The third-order valence-electron chi connectivity index (χ3n) is 4.72. The van der Waals surface area contributed by atoms with Gasteiger partial charge in [0.2, 0.25) is 0 Å². The minimum absolute atomic E-state index is 0.177. The van der Waals surface area contributed by atoms with E-state index in [2.05, 4.69) is 6.92 Å². The van der Waals surface area contributed by atoms with E-state index >= 15 is 0 Å². The van der Waals surface area contributed by atoms with Gasteiger partial charge in [-0.15, -0.1) is 0 Å². The molecule has 1 rings (SSSR count). The molecule has 6 nitrogen and oxygen atoms in total. The van der Waals surface area contributed by atoms with E-state index in [4.69, 9.17) is 18.8 Å².